The van der Waals surface area contributed by atoms with Gasteiger partial charge in [0.1, 0.15) is 11.4 Å². The maximum Gasteiger partial charge on any atom is 0.261 e. The maximum absolute atomic E-state index is 13.4. The number of pyridine rings is 1. The highest BCUT2D eigenvalue weighted by Crippen LogP contribution is 2.28. The topological polar surface area (TPSA) is 172 Å². The number of H-pyrrole nitrogens is 2. The summed E-state index contributed by atoms with van der Waals surface area (Å²) in [7, 11) is -7.56. The minimum absolute atomic E-state index is 0.0169. The van der Waals surface area contributed by atoms with Crippen molar-refractivity contribution in [3.63, 3.8) is 0 Å². The predicted molar refractivity (Wildman–Crippen MR) is 172 cm³/mol. The summed E-state index contributed by atoms with van der Waals surface area (Å²) in [6, 6.07) is 18.9. The molecule has 0 aliphatic carbocycles. The Bertz CT molecular complexity index is 2260. The minimum atomic E-state index is -4.07. The van der Waals surface area contributed by atoms with E-state index in [1.807, 2.05) is 35.9 Å². The fraction of sp³-hybridized carbons (Fsp3) is 0.129. The zero-order chi connectivity index (χ0) is 31.8. The molecule has 0 radical (unpaired) electrons. The Morgan fingerprint density at radius 1 is 0.956 bits per heavy atom. The highest BCUT2D eigenvalue weighted by molar-refractivity contribution is 7.90. The molecule has 230 valence electrons. The molecule has 0 saturated carbocycles. The van der Waals surface area contributed by atoms with Crippen LogP contribution in [-0.2, 0) is 19.9 Å². The van der Waals surface area contributed by atoms with Gasteiger partial charge in [0.15, 0.2) is 9.84 Å². The lowest BCUT2D eigenvalue weighted by Gasteiger charge is -2.21. The first-order valence-corrected chi connectivity index (χ1v) is 17.2. The van der Waals surface area contributed by atoms with Crippen molar-refractivity contribution in [2.75, 3.05) is 18.1 Å². The van der Waals surface area contributed by atoms with Gasteiger partial charge in [-0.3, -0.25) is 4.79 Å². The first kappa shape index (κ1) is 30.0. The van der Waals surface area contributed by atoms with Gasteiger partial charge in [0.25, 0.3) is 5.56 Å². The zero-order valence-electron chi connectivity index (χ0n) is 24.2. The first-order valence-electron chi connectivity index (χ1n) is 13.8. The number of imidazole rings is 2. The van der Waals surface area contributed by atoms with E-state index < -0.39 is 25.9 Å². The van der Waals surface area contributed by atoms with Crippen LogP contribution in [0.4, 0.5) is 5.69 Å². The number of nitrogens with one attached hydrogen (secondary N) is 4. The summed E-state index contributed by atoms with van der Waals surface area (Å²) in [5.74, 6) is 0.350. The number of hydrogen-bond donors (Lipinski definition) is 4. The third-order valence-corrected chi connectivity index (χ3v) is 9.94. The van der Waals surface area contributed by atoms with E-state index in [2.05, 4.69) is 25.0 Å². The fourth-order valence-electron chi connectivity index (χ4n) is 5.06. The summed E-state index contributed by atoms with van der Waals surface area (Å²) in [6.07, 6.45) is 7.79. The molecule has 6 aromatic rings. The van der Waals surface area contributed by atoms with Crippen LogP contribution < -0.4 is 15.6 Å². The molecule has 3 aromatic carbocycles. The third kappa shape index (κ3) is 6.29. The largest absolute Gasteiger partial charge is 0.382 e. The van der Waals surface area contributed by atoms with E-state index in [1.54, 1.807) is 42.9 Å². The number of sulfonamides is 1. The molecule has 1 atom stereocenters. The maximum atomic E-state index is 13.4. The quantitative estimate of drug-likeness (QED) is 0.174. The minimum Gasteiger partial charge on any atom is -0.382 e. The van der Waals surface area contributed by atoms with Crippen LogP contribution >= 0.6 is 0 Å². The Hall–Kier alpha value is -5.05. The highest BCUT2D eigenvalue weighted by Gasteiger charge is 2.23. The van der Waals surface area contributed by atoms with Crippen LogP contribution in [0.5, 0.6) is 0 Å². The summed E-state index contributed by atoms with van der Waals surface area (Å²) in [5, 5.41) is 3.25. The van der Waals surface area contributed by atoms with Gasteiger partial charge in [0, 0.05) is 37.1 Å². The molecule has 0 saturated heterocycles. The first-order chi connectivity index (χ1) is 21.5. The Balaban J connectivity index is 1.32. The number of fused-ring (bicyclic) bond motifs is 1. The van der Waals surface area contributed by atoms with Crippen molar-refractivity contribution in [3.8, 4) is 17.1 Å². The Morgan fingerprint density at radius 2 is 1.69 bits per heavy atom. The van der Waals surface area contributed by atoms with Gasteiger partial charge in [-0.2, -0.15) is 0 Å². The second-order valence-corrected chi connectivity index (χ2v) is 14.2. The molecule has 0 fully saturated rings. The average Bonchev–Trinajstić information content (AvgIpc) is 3.70. The molecule has 4 N–H and O–H groups in total. The van der Waals surface area contributed by atoms with E-state index in [1.165, 1.54) is 30.5 Å². The smallest absolute Gasteiger partial charge is 0.261 e. The molecule has 3 aromatic heterocycles. The van der Waals surface area contributed by atoms with E-state index in [-0.39, 0.29) is 27.5 Å². The number of aromatic nitrogens is 5. The van der Waals surface area contributed by atoms with Crippen molar-refractivity contribution >= 4 is 36.6 Å². The molecular formula is C31H29N7O5S2. The number of aryl methyl sites for hydroxylation is 1. The molecule has 14 heteroatoms. The van der Waals surface area contributed by atoms with Gasteiger partial charge >= 0.3 is 0 Å². The summed E-state index contributed by atoms with van der Waals surface area (Å²) >= 11 is 0. The number of anilines is 1. The summed E-state index contributed by atoms with van der Waals surface area (Å²) in [4.78, 5) is 27.9. The number of aromatic amines is 2. The lowest BCUT2D eigenvalue weighted by atomic mass is 10.1. The van der Waals surface area contributed by atoms with Gasteiger partial charge in [-0.25, -0.2) is 31.5 Å². The van der Waals surface area contributed by atoms with Crippen LogP contribution in [0.1, 0.15) is 17.2 Å². The average molecular weight is 644 g/mol. The van der Waals surface area contributed by atoms with Crippen molar-refractivity contribution in [1.29, 1.82) is 0 Å². The van der Waals surface area contributed by atoms with Crippen LogP contribution in [0.15, 0.2) is 112 Å². The lowest BCUT2D eigenvalue weighted by Crippen LogP contribution is -2.33. The van der Waals surface area contributed by atoms with Crippen molar-refractivity contribution in [3.05, 3.63) is 119 Å². The molecule has 1 unspecified atom stereocenters. The third-order valence-electron chi connectivity index (χ3n) is 7.32. The van der Waals surface area contributed by atoms with Gasteiger partial charge in [0.05, 0.1) is 38.9 Å². The van der Waals surface area contributed by atoms with Crippen LogP contribution in [-0.4, -0.2) is 54.1 Å². The van der Waals surface area contributed by atoms with E-state index in [0.29, 0.717) is 22.6 Å². The highest BCUT2D eigenvalue weighted by atomic mass is 32.2. The van der Waals surface area contributed by atoms with Gasteiger partial charge < -0.3 is 19.9 Å². The van der Waals surface area contributed by atoms with Gasteiger partial charge in [-0.15, -0.1) is 0 Å². The lowest BCUT2D eigenvalue weighted by molar-refractivity contribution is 0.561. The summed E-state index contributed by atoms with van der Waals surface area (Å²) < 4.78 is 55.1. The molecule has 0 amide bonds. The number of nitrogens with zero attached hydrogens (tertiary/aromatic N) is 3. The fourth-order valence-corrected chi connectivity index (χ4v) is 6.91. The molecule has 45 heavy (non-hydrogen) atoms. The van der Waals surface area contributed by atoms with Crippen LogP contribution in [0, 0.1) is 6.92 Å². The summed E-state index contributed by atoms with van der Waals surface area (Å²) in [5.41, 5.74) is 4.25. The van der Waals surface area contributed by atoms with E-state index in [9.17, 15) is 21.6 Å². The van der Waals surface area contributed by atoms with Crippen molar-refractivity contribution in [2.24, 2.45) is 0 Å². The normalized spacial score (nSPS) is 12.8. The molecule has 0 aliphatic rings. The van der Waals surface area contributed by atoms with Gasteiger partial charge in [0.2, 0.25) is 10.0 Å². The number of benzene rings is 3. The van der Waals surface area contributed by atoms with Crippen molar-refractivity contribution < 1.29 is 16.8 Å². The standard InChI is InChI=1S/C31H29N7O5S2/c1-20-16-22(38-15-14-32-19-38)17-26-29(20)36-30(35-26)28-25(12-13-33-31(28)39)34-18-27(21-6-4-3-5-7-21)37-45(42,43)24-10-8-23(9-11-24)44(2,40)41/h3-17,19,27,37H,18H2,1-2H3,(H,35,36)(H2,33,34,39). The molecule has 0 spiro atoms. The Morgan fingerprint density at radius 3 is 2.38 bits per heavy atom. The number of hydrogen-bond acceptors (Lipinski definition) is 8. The van der Waals surface area contributed by atoms with E-state index in [4.69, 9.17) is 4.98 Å². The second kappa shape index (κ2) is 11.8. The number of rotatable bonds is 10. The zero-order valence-corrected chi connectivity index (χ0v) is 25.9. The Labute approximate surface area is 259 Å². The monoisotopic (exact) mass is 643 g/mol. The molecule has 12 nitrogen and oxygen atoms in total. The van der Waals surface area contributed by atoms with Crippen LogP contribution in [0.3, 0.4) is 0 Å². The van der Waals surface area contributed by atoms with E-state index in [0.717, 1.165) is 23.0 Å². The summed E-state index contributed by atoms with van der Waals surface area (Å²) in [6.45, 7) is 2.01. The predicted octanol–water partition coefficient (Wildman–Crippen LogP) is 3.95. The Kier molecular flexibility index (Phi) is 7.87. The SMILES string of the molecule is Cc1cc(-n2ccnc2)cc2[nH]c(-c3c(NCC(NS(=O)(=O)c4ccc(S(C)(=O)=O)cc4)c4ccccc4)cc[nH]c3=O)nc12. The van der Waals surface area contributed by atoms with Crippen LogP contribution in [0.25, 0.3) is 28.1 Å². The molecule has 6 rings (SSSR count). The molecular weight excluding hydrogens is 615 g/mol. The van der Waals surface area contributed by atoms with Crippen LogP contribution in [0.2, 0.25) is 0 Å². The molecule has 0 aliphatic heterocycles. The van der Waals surface area contributed by atoms with Crippen molar-refractivity contribution in [2.45, 2.75) is 22.8 Å². The van der Waals surface area contributed by atoms with Crippen molar-refractivity contribution in [1.82, 2.24) is 29.2 Å². The van der Waals surface area contributed by atoms with Gasteiger partial charge in [-0.05, 0) is 60.5 Å². The molecule has 3 heterocycles. The second-order valence-electron chi connectivity index (χ2n) is 10.5. The number of sulfone groups is 1. The van der Waals surface area contributed by atoms with E-state index >= 15 is 0 Å². The molecule has 0 bridgehead atoms. The van der Waals surface area contributed by atoms with Gasteiger partial charge in [-0.1, -0.05) is 30.3 Å².